The second kappa shape index (κ2) is 9.03. The van der Waals surface area contributed by atoms with Crippen LogP contribution in [0, 0.1) is 0 Å². The van der Waals surface area contributed by atoms with Crippen molar-refractivity contribution in [3.05, 3.63) is 53.6 Å². The standard InChI is InChI=1S/C21H21NO6/c1-2-20(24)22-16-6-4-15(5-7-16)17(23)13-28-21(25)12-14-3-8-18-19(11-14)27-10-9-26-18/h3-8,11H,2,9-10,12-13H2,1H3,(H,22,24). The number of Topliss-reactive ketones (excluding diaryl/α,β-unsaturated/α-hetero) is 1. The Hall–Kier alpha value is -3.35. The van der Waals surface area contributed by atoms with Crippen molar-refractivity contribution in [2.75, 3.05) is 25.1 Å². The summed E-state index contributed by atoms with van der Waals surface area (Å²) >= 11 is 0. The Labute approximate surface area is 162 Å². The molecule has 1 aliphatic heterocycles. The van der Waals surface area contributed by atoms with E-state index in [-0.39, 0.29) is 24.7 Å². The molecule has 1 heterocycles. The molecule has 0 atom stereocenters. The summed E-state index contributed by atoms with van der Waals surface area (Å²) < 4.78 is 16.0. The number of carbonyl (C=O) groups is 3. The third kappa shape index (κ3) is 5.09. The predicted molar refractivity (Wildman–Crippen MR) is 102 cm³/mol. The molecule has 0 spiro atoms. The molecule has 3 rings (SSSR count). The molecule has 2 aromatic carbocycles. The Bertz CT molecular complexity index is 875. The van der Waals surface area contributed by atoms with E-state index < -0.39 is 5.97 Å². The maximum absolute atomic E-state index is 12.2. The fourth-order valence-electron chi connectivity index (χ4n) is 2.63. The highest BCUT2D eigenvalue weighted by Gasteiger charge is 2.15. The van der Waals surface area contributed by atoms with Crippen LogP contribution in [0.1, 0.15) is 29.3 Å². The summed E-state index contributed by atoms with van der Waals surface area (Å²) in [6.45, 7) is 2.38. The smallest absolute Gasteiger partial charge is 0.310 e. The number of anilines is 1. The highest BCUT2D eigenvalue weighted by molar-refractivity contribution is 5.98. The fourth-order valence-corrected chi connectivity index (χ4v) is 2.63. The van der Waals surface area contributed by atoms with Crippen LogP contribution in [0.25, 0.3) is 0 Å². The summed E-state index contributed by atoms with van der Waals surface area (Å²) in [5, 5.41) is 2.70. The normalized spacial score (nSPS) is 12.2. The minimum Gasteiger partial charge on any atom is -0.486 e. The predicted octanol–water partition coefficient (Wildman–Crippen LogP) is 2.77. The van der Waals surface area contributed by atoms with Gasteiger partial charge in [0.25, 0.3) is 0 Å². The number of fused-ring (bicyclic) bond motifs is 1. The molecule has 0 radical (unpaired) electrons. The van der Waals surface area contributed by atoms with Gasteiger partial charge in [-0.15, -0.1) is 0 Å². The van der Waals surface area contributed by atoms with Gasteiger partial charge in [-0.1, -0.05) is 13.0 Å². The van der Waals surface area contributed by atoms with Crippen LogP contribution in [0.4, 0.5) is 5.69 Å². The Balaban J connectivity index is 1.50. The van der Waals surface area contributed by atoms with Crippen LogP contribution in [0.3, 0.4) is 0 Å². The summed E-state index contributed by atoms with van der Waals surface area (Å²) in [7, 11) is 0. The molecule has 0 fully saturated rings. The van der Waals surface area contributed by atoms with E-state index in [1.165, 1.54) is 0 Å². The average molecular weight is 383 g/mol. The molecule has 28 heavy (non-hydrogen) atoms. The van der Waals surface area contributed by atoms with Gasteiger partial charge < -0.3 is 19.5 Å². The number of rotatable bonds is 7. The lowest BCUT2D eigenvalue weighted by Gasteiger charge is -2.18. The number of hydrogen-bond donors (Lipinski definition) is 1. The lowest BCUT2D eigenvalue weighted by atomic mass is 10.1. The number of carbonyl (C=O) groups excluding carboxylic acids is 3. The van der Waals surface area contributed by atoms with E-state index in [1.54, 1.807) is 49.4 Å². The molecule has 1 aliphatic rings. The molecule has 0 bridgehead atoms. The highest BCUT2D eigenvalue weighted by Crippen LogP contribution is 2.30. The largest absolute Gasteiger partial charge is 0.486 e. The molecule has 7 nitrogen and oxygen atoms in total. The molecule has 0 saturated heterocycles. The number of nitrogens with one attached hydrogen (secondary N) is 1. The summed E-state index contributed by atoms with van der Waals surface area (Å²) in [5.74, 6) is 0.327. The first kappa shape index (κ1) is 19.4. The van der Waals surface area contributed by atoms with Gasteiger partial charge in [-0.3, -0.25) is 14.4 Å². The Morgan fingerprint density at radius 2 is 1.71 bits per heavy atom. The molecule has 0 unspecified atom stereocenters. The maximum atomic E-state index is 12.2. The number of amides is 1. The molecule has 0 saturated carbocycles. The Morgan fingerprint density at radius 3 is 2.43 bits per heavy atom. The molecular weight excluding hydrogens is 362 g/mol. The minimum absolute atomic E-state index is 0.0336. The molecule has 0 aromatic heterocycles. The summed E-state index contributed by atoms with van der Waals surface area (Å²) in [6.07, 6.45) is 0.409. The van der Waals surface area contributed by atoms with E-state index in [4.69, 9.17) is 14.2 Å². The second-order valence-corrected chi connectivity index (χ2v) is 6.22. The topological polar surface area (TPSA) is 90.9 Å². The molecule has 0 aliphatic carbocycles. The third-order valence-electron chi connectivity index (χ3n) is 4.13. The van der Waals surface area contributed by atoms with Crippen molar-refractivity contribution in [2.45, 2.75) is 19.8 Å². The van der Waals surface area contributed by atoms with Gasteiger partial charge in [0, 0.05) is 17.7 Å². The molecule has 1 N–H and O–H groups in total. The third-order valence-corrected chi connectivity index (χ3v) is 4.13. The monoisotopic (exact) mass is 383 g/mol. The van der Waals surface area contributed by atoms with Crippen molar-refractivity contribution < 1.29 is 28.6 Å². The van der Waals surface area contributed by atoms with Crippen LogP contribution in [0.15, 0.2) is 42.5 Å². The average Bonchev–Trinajstić information content (AvgIpc) is 2.72. The highest BCUT2D eigenvalue weighted by atomic mass is 16.6. The van der Waals surface area contributed by atoms with Crippen molar-refractivity contribution in [2.24, 2.45) is 0 Å². The van der Waals surface area contributed by atoms with Crippen molar-refractivity contribution in [3.8, 4) is 11.5 Å². The first-order valence-corrected chi connectivity index (χ1v) is 9.02. The van der Waals surface area contributed by atoms with Crippen LogP contribution in [0.5, 0.6) is 11.5 Å². The number of benzene rings is 2. The molecule has 1 amide bonds. The molecular formula is C21H21NO6. The van der Waals surface area contributed by atoms with Gasteiger partial charge in [-0.2, -0.15) is 0 Å². The van der Waals surface area contributed by atoms with Gasteiger partial charge in [-0.25, -0.2) is 0 Å². The number of hydrogen-bond acceptors (Lipinski definition) is 6. The van der Waals surface area contributed by atoms with Gasteiger partial charge in [0.2, 0.25) is 5.91 Å². The van der Waals surface area contributed by atoms with E-state index in [0.29, 0.717) is 42.4 Å². The zero-order valence-corrected chi connectivity index (χ0v) is 15.5. The van der Waals surface area contributed by atoms with Crippen LogP contribution < -0.4 is 14.8 Å². The second-order valence-electron chi connectivity index (χ2n) is 6.22. The fraction of sp³-hybridized carbons (Fsp3) is 0.286. The van der Waals surface area contributed by atoms with Crippen LogP contribution in [-0.2, 0) is 20.7 Å². The van der Waals surface area contributed by atoms with E-state index in [2.05, 4.69) is 5.32 Å². The Kier molecular flexibility index (Phi) is 6.26. The Morgan fingerprint density at radius 1 is 1.00 bits per heavy atom. The molecule has 7 heteroatoms. The summed E-state index contributed by atoms with van der Waals surface area (Å²) in [6, 6.07) is 11.7. The summed E-state index contributed by atoms with van der Waals surface area (Å²) in [5.41, 5.74) is 1.73. The van der Waals surface area contributed by atoms with Gasteiger partial charge >= 0.3 is 5.97 Å². The van der Waals surface area contributed by atoms with E-state index >= 15 is 0 Å². The first-order valence-electron chi connectivity index (χ1n) is 9.02. The van der Waals surface area contributed by atoms with Crippen molar-refractivity contribution in [1.29, 1.82) is 0 Å². The minimum atomic E-state index is -0.503. The zero-order valence-electron chi connectivity index (χ0n) is 15.5. The SMILES string of the molecule is CCC(=O)Nc1ccc(C(=O)COC(=O)Cc2ccc3c(c2)OCCO3)cc1. The van der Waals surface area contributed by atoms with E-state index in [9.17, 15) is 14.4 Å². The molecule has 2 aromatic rings. The van der Waals surface area contributed by atoms with Crippen molar-refractivity contribution >= 4 is 23.3 Å². The quantitative estimate of drug-likeness (QED) is 0.584. The van der Waals surface area contributed by atoms with Gasteiger partial charge in [0.05, 0.1) is 6.42 Å². The van der Waals surface area contributed by atoms with Crippen LogP contribution >= 0.6 is 0 Å². The lowest BCUT2D eigenvalue weighted by Crippen LogP contribution is -2.17. The van der Waals surface area contributed by atoms with E-state index in [0.717, 1.165) is 5.56 Å². The summed E-state index contributed by atoms with van der Waals surface area (Å²) in [4.78, 5) is 35.6. The zero-order chi connectivity index (χ0) is 19.9. The van der Waals surface area contributed by atoms with E-state index in [1.807, 2.05) is 0 Å². The van der Waals surface area contributed by atoms with Crippen molar-refractivity contribution in [3.63, 3.8) is 0 Å². The van der Waals surface area contributed by atoms with Gasteiger partial charge in [0.1, 0.15) is 13.2 Å². The molecule has 146 valence electrons. The van der Waals surface area contributed by atoms with Crippen LogP contribution in [0.2, 0.25) is 0 Å². The number of ketones is 1. The lowest BCUT2D eigenvalue weighted by molar-refractivity contribution is -0.141. The number of ether oxygens (including phenoxy) is 3. The van der Waals surface area contributed by atoms with Crippen LogP contribution in [-0.4, -0.2) is 37.5 Å². The van der Waals surface area contributed by atoms with Gasteiger partial charge in [-0.05, 0) is 42.0 Å². The first-order chi connectivity index (χ1) is 13.5. The maximum Gasteiger partial charge on any atom is 0.310 e. The van der Waals surface area contributed by atoms with Crippen molar-refractivity contribution in [1.82, 2.24) is 0 Å². The number of esters is 1. The van der Waals surface area contributed by atoms with Gasteiger partial charge in [0.15, 0.2) is 23.9 Å².